The van der Waals surface area contributed by atoms with E-state index < -0.39 is 5.82 Å². The van der Waals surface area contributed by atoms with E-state index in [-0.39, 0.29) is 22.7 Å². The second-order valence-electron chi connectivity index (χ2n) is 4.92. The fourth-order valence-electron chi connectivity index (χ4n) is 2.17. The molecule has 0 amide bonds. The maximum Gasteiger partial charge on any atom is 0.267 e. The minimum atomic E-state index is -0.469. The Morgan fingerprint density at radius 2 is 1.74 bits per heavy atom. The lowest BCUT2D eigenvalue weighted by atomic mass is 10.1. The van der Waals surface area contributed by atoms with Crippen LogP contribution < -0.4 is 5.56 Å². The van der Waals surface area contributed by atoms with Gasteiger partial charge in [0.2, 0.25) is 0 Å². The fourth-order valence-corrected chi connectivity index (χ4v) is 2.52. The first kappa shape index (κ1) is 15.7. The molecule has 0 spiro atoms. The van der Waals surface area contributed by atoms with Crippen LogP contribution in [-0.2, 0) is 6.54 Å². The Balaban J connectivity index is 2.01. The highest BCUT2D eigenvalue weighted by atomic mass is 35.5. The molecular formula is C17H11Cl2FN2O. The first-order valence-electron chi connectivity index (χ1n) is 6.81. The Kier molecular flexibility index (Phi) is 4.46. The van der Waals surface area contributed by atoms with Crippen molar-refractivity contribution in [3.8, 4) is 11.3 Å². The van der Waals surface area contributed by atoms with E-state index in [1.807, 2.05) is 0 Å². The molecule has 0 atom stereocenters. The van der Waals surface area contributed by atoms with E-state index in [2.05, 4.69) is 5.10 Å². The van der Waals surface area contributed by atoms with Crippen LogP contribution in [0.3, 0.4) is 0 Å². The van der Waals surface area contributed by atoms with E-state index in [1.54, 1.807) is 36.4 Å². The number of benzene rings is 2. The van der Waals surface area contributed by atoms with Gasteiger partial charge in [-0.05, 0) is 30.3 Å². The highest BCUT2D eigenvalue weighted by Crippen LogP contribution is 2.21. The van der Waals surface area contributed by atoms with Crippen molar-refractivity contribution in [3.05, 3.63) is 86.4 Å². The number of nitrogens with zero attached hydrogens (tertiary/aromatic N) is 2. The average Bonchev–Trinajstić information content (AvgIpc) is 2.53. The van der Waals surface area contributed by atoms with Crippen LogP contribution in [0.5, 0.6) is 0 Å². The topological polar surface area (TPSA) is 34.9 Å². The van der Waals surface area contributed by atoms with Gasteiger partial charge in [-0.2, -0.15) is 5.10 Å². The van der Waals surface area contributed by atoms with Gasteiger partial charge in [0.25, 0.3) is 5.56 Å². The normalized spacial score (nSPS) is 10.7. The van der Waals surface area contributed by atoms with Gasteiger partial charge in [-0.15, -0.1) is 0 Å². The van der Waals surface area contributed by atoms with Crippen LogP contribution in [0.4, 0.5) is 4.39 Å². The molecular weight excluding hydrogens is 338 g/mol. The second kappa shape index (κ2) is 6.52. The quantitative estimate of drug-likeness (QED) is 0.702. The lowest BCUT2D eigenvalue weighted by Gasteiger charge is -2.09. The van der Waals surface area contributed by atoms with Crippen LogP contribution in [0.2, 0.25) is 10.0 Å². The minimum absolute atomic E-state index is 0.0359. The molecule has 116 valence electrons. The lowest BCUT2D eigenvalue weighted by Crippen LogP contribution is -2.23. The van der Waals surface area contributed by atoms with Crippen LogP contribution in [0.15, 0.2) is 59.4 Å². The summed E-state index contributed by atoms with van der Waals surface area (Å²) < 4.78 is 15.1. The van der Waals surface area contributed by atoms with Crippen LogP contribution in [-0.4, -0.2) is 9.78 Å². The van der Waals surface area contributed by atoms with Crippen LogP contribution >= 0.6 is 23.2 Å². The van der Waals surface area contributed by atoms with Gasteiger partial charge in [0.1, 0.15) is 5.82 Å². The van der Waals surface area contributed by atoms with Crippen molar-refractivity contribution in [1.29, 1.82) is 0 Å². The smallest absolute Gasteiger partial charge is 0.267 e. The van der Waals surface area contributed by atoms with Crippen LogP contribution in [0, 0.1) is 5.82 Å². The Morgan fingerprint density at radius 3 is 2.43 bits per heavy atom. The first-order chi connectivity index (χ1) is 11.0. The van der Waals surface area contributed by atoms with E-state index in [0.29, 0.717) is 10.7 Å². The van der Waals surface area contributed by atoms with Gasteiger partial charge < -0.3 is 0 Å². The largest absolute Gasteiger partial charge is 0.268 e. The maximum atomic E-state index is 13.9. The zero-order valence-electron chi connectivity index (χ0n) is 11.8. The molecule has 0 radical (unpaired) electrons. The standard InChI is InChI=1S/C17H11Cl2FN2O/c18-12-6-4-11(5-7-12)16-8-9-17(23)22(21-16)10-13-14(19)2-1-3-15(13)20/h1-9H,10H2. The highest BCUT2D eigenvalue weighted by molar-refractivity contribution is 6.31. The number of hydrogen-bond acceptors (Lipinski definition) is 2. The van der Waals surface area contributed by atoms with E-state index >= 15 is 0 Å². The van der Waals surface area contributed by atoms with Gasteiger partial charge in [0.15, 0.2) is 0 Å². The van der Waals surface area contributed by atoms with E-state index in [0.717, 1.165) is 5.56 Å². The van der Waals surface area contributed by atoms with Crippen LogP contribution in [0.25, 0.3) is 11.3 Å². The SMILES string of the molecule is O=c1ccc(-c2ccc(Cl)cc2)nn1Cc1c(F)cccc1Cl. The molecule has 0 unspecified atom stereocenters. The molecule has 0 aliphatic heterocycles. The average molecular weight is 349 g/mol. The number of hydrogen-bond donors (Lipinski definition) is 0. The van der Waals surface area contributed by atoms with Crippen molar-refractivity contribution < 1.29 is 4.39 Å². The third-order valence-corrected chi connectivity index (χ3v) is 3.98. The molecule has 1 aromatic heterocycles. The third kappa shape index (κ3) is 3.44. The summed E-state index contributed by atoms with van der Waals surface area (Å²) >= 11 is 11.9. The van der Waals surface area contributed by atoms with E-state index in [4.69, 9.17) is 23.2 Å². The van der Waals surface area contributed by atoms with Crippen molar-refractivity contribution in [2.24, 2.45) is 0 Å². The van der Waals surface area contributed by atoms with E-state index in [9.17, 15) is 9.18 Å². The van der Waals surface area contributed by atoms with Gasteiger partial charge in [0, 0.05) is 27.2 Å². The molecule has 0 saturated heterocycles. The fraction of sp³-hybridized carbons (Fsp3) is 0.0588. The molecule has 23 heavy (non-hydrogen) atoms. The van der Waals surface area contributed by atoms with Gasteiger partial charge >= 0.3 is 0 Å². The van der Waals surface area contributed by atoms with Gasteiger partial charge in [-0.25, -0.2) is 9.07 Å². The molecule has 0 saturated carbocycles. The second-order valence-corrected chi connectivity index (χ2v) is 5.77. The minimum Gasteiger partial charge on any atom is -0.268 e. The van der Waals surface area contributed by atoms with Gasteiger partial charge in [0.05, 0.1) is 12.2 Å². The maximum absolute atomic E-state index is 13.9. The molecule has 0 fully saturated rings. The Bertz CT molecular complexity index is 887. The van der Waals surface area contributed by atoms with Crippen molar-refractivity contribution in [1.82, 2.24) is 9.78 Å². The Hall–Kier alpha value is -2.17. The number of aromatic nitrogens is 2. The summed E-state index contributed by atoms with van der Waals surface area (Å²) in [5.41, 5.74) is 1.30. The number of halogens is 3. The predicted molar refractivity (Wildman–Crippen MR) is 89.5 cm³/mol. The molecule has 1 heterocycles. The zero-order chi connectivity index (χ0) is 16.4. The Labute approximate surface area is 141 Å². The summed E-state index contributed by atoms with van der Waals surface area (Å²) in [5, 5.41) is 5.16. The van der Waals surface area contributed by atoms with Crippen molar-refractivity contribution in [2.45, 2.75) is 6.54 Å². The zero-order valence-corrected chi connectivity index (χ0v) is 13.4. The first-order valence-corrected chi connectivity index (χ1v) is 7.57. The summed E-state index contributed by atoms with van der Waals surface area (Å²) in [7, 11) is 0. The van der Waals surface area contributed by atoms with Gasteiger partial charge in [-0.3, -0.25) is 4.79 Å². The lowest BCUT2D eigenvalue weighted by molar-refractivity contribution is 0.573. The molecule has 0 aliphatic rings. The van der Waals surface area contributed by atoms with Crippen molar-refractivity contribution in [3.63, 3.8) is 0 Å². The molecule has 0 bridgehead atoms. The summed E-state index contributed by atoms with van der Waals surface area (Å²) in [6.45, 7) is -0.0359. The predicted octanol–water partition coefficient (Wildman–Crippen LogP) is 4.40. The molecule has 3 nitrogen and oxygen atoms in total. The molecule has 3 aromatic rings. The highest BCUT2D eigenvalue weighted by Gasteiger charge is 2.10. The van der Waals surface area contributed by atoms with Crippen molar-refractivity contribution in [2.75, 3.05) is 0 Å². The molecule has 6 heteroatoms. The summed E-state index contributed by atoms with van der Waals surface area (Å²) in [6, 6.07) is 14.5. The molecule has 2 aromatic carbocycles. The summed E-state index contributed by atoms with van der Waals surface area (Å²) in [6.07, 6.45) is 0. The monoisotopic (exact) mass is 348 g/mol. The van der Waals surface area contributed by atoms with Crippen LogP contribution in [0.1, 0.15) is 5.56 Å². The van der Waals surface area contributed by atoms with E-state index in [1.165, 1.54) is 22.9 Å². The van der Waals surface area contributed by atoms with Crippen molar-refractivity contribution >= 4 is 23.2 Å². The molecule has 0 aliphatic carbocycles. The Morgan fingerprint density at radius 1 is 1.00 bits per heavy atom. The summed E-state index contributed by atoms with van der Waals surface area (Å²) in [4.78, 5) is 12.0. The molecule has 0 N–H and O–H groups in total. The third-order valence-electron chi connectivity index (χ3n) is 3.38. The summed E-state index contributed by atoms with van der Waals surface area (Å²) in [5.74, 6) is -0.469. The van der Waals surface area contributed by atoms with Gasteiger partial charge in [-0.1, -0.05) is 41.4 Å². The number of rotatable bonds is 3. The molecule has 3 rings (SSSR count).